The van der Waals surface area contributed by atoms with E-state index in [2.05, 4.69) is 0 Å². The summed E-state index contributed by atoms with van der Waals surface area (Å²) in [5, 5.41) is 0. The van der Waals surface area contributed by atoms with E-state index in [-0.39, 0.29) is 11.6 Å². The second-order valence-corrected chi connectivity index (χ2v) is 5.30. The van der Waals surface area contributed by atoms with E-state index in [0.29, 0.717) is 0 Å². The van der Waals surface area contributed by atoms with Crippen LogP contribution in [0.25, 0.3) is 11.1 Å². The van der Waals surface area contributed by atoms with Gasteiger partial charge in [-0.2, -0.15) is 0 Å². The molecular weight excluding hydrogens is 256 g/mol. The first-order valence-electron chi connectivity index (χ1n) is 5.87. The summed E-state index contributed by atoms with van der Waals surface area (Å²) in [6.45, 7) is 0. The van der Waals surface area contributed by atoms with Crippen LogP contribution in [0.3, 0.4) is 0 Å². The molecule has 1 aromatic rings. The molecule has 0 amide bonds. The normalized spacial score (nSPS) is 17.7. The van der Waals surface area contributed by atoms with Crippen molar-refractivity contribution in [1.82, 2.24) is 0 Å². The van der Waals surface area contributed by atoms with Crippen molar-refractivity contribution in [3.63, 3.8) is 0 Å². The van der Waals surface area contributed by atoms with Crippen molar-refractivity contribution in [1.29, 1.82) is 0 Å². The summed E-state index contributed by atoms with van der Waals surface area (Å²) < 4.78 is 2.22. The molecule has 1 heterocycles. The molecule has 0 aliphatic heterocycles. The molecular formula is C16H10O2S. The highest BCUT2D eigenvalue weighted by Crippen LogP contribution is 2.08. The highest BCUT2D eigenvalue weighted by atomic mass is 32.1. The Kier molecular flexibility index (Phi) is 2.97. The molecule has 0 atom stereocenters. The zero-order valence-corrected chi connectivity index (χ0v) is 10.8. The summed E-state index contributed by atoms with van der Waals surface area (Å²) in [6.07, 6.45) is 13.6. The number of rotatable bonds is 0. The van der Waals surface area contributed by atoms with Crippen LogP contribution in [0.2, 0.25) is 0 Å². The summed E-state index contributed by atoms with van der Waals surface area (Å²) >= 11 is 1.65. The average molecular weight is 266 g/mol. The molecule has 0 aromatic carbocycles. The van der Waals surface area contributed by atoms with Crippen molar-refractivity contribution in [2.24, 2.45) is 0 Å². The van der Waals surface area contributed by atoms with Crippen molar-refractivity contribution < 1.29 is 9.59 Å². The molecule has 0 N–H and O–H groups in total. The lowest BCUT2D eigenvalue weighted by Gasteiger charge is -1.97. The van der Waals surface area contributed by atoms with Gasteiger partial charge in [0.05, 0.1) is 0 Å². The van der Waals surface area contributed by atoms with E-state index in [1.807, 2.05) is 36.4 Å². The zero-order valence-electron chi connectivity index (χ0n) is 10.00. The number of hydrogen-bond acceptors (Lipinski definition) is 3. The topological polar surface area (TPSA) is 34.1 Å². The number of hydrogen-bond donors (Lipinski definition) is 0. The largest absolute Gasteiger partial charge is 0.290 e. The van der Waals surface area contributed by atoms with Crippen LogP contribution in [-0.2, 0) is 9.59 Å². The van der Waals surface area contributed by atoms with Gasteiger partial charge in [-0.3, -0.25) is 9.59 Å². The van der Waals surface area contributed by atoms with Gasteiger partial charge < -0.3 is 0 Å². The van der Waals surface area contributed by atoms with Crippen molar-refractivity contribution in [3.8, 4) is 0 Å². The second-order valence-electron chi connectivity index (χ2n) is 4.21. The number of thiophene rings is 1. The van der Waals surface area contributed by atoms with Crippen molar-refractivity contribution in [2.45, 2.75) is 0 Å². The number of carbonyl (C=O) groups excluding carboxylic acids is 2. The van der Waals surface area contributed by atoms with Crippen LogP contribution in [0.15, 0.2) is 60.7 Å². The van der Waals surface area contributed by atoms with Gasteiger partial charge in [0, 0.05) is 9.06 Å². The Labute approximate surface area is 114 Å². The van der Waals surface area contributed by atoms with E-state index >= 15 is 0 Å². The van der Waals surface area contributed by atoms with Crippen LogP contribution >= 0.6 is 11.3 Å². The average Bonchev–Trinajstić information content (AvgIpc) is 2.90. The smallest absolute Gasteiger partial charge is 0.178 e. The van der Waals surface area contributed by atoms with Gasteiger partial charge in [0.15, 0.2) is 11.6 Å². The Hall–Kier alpha value is -2.26. The fraction of sp³-hybridized carbons (Fsp3) is 0. The summed E-state index contributed by atoms with van der Waals surface area (Å²) in [4.78, 5) is 22.2. The molecule has 2 nitrogen and oxygen atoms in total. The van der Waals surface area contributed by atoms with E-state index in [4.69, 9.17) is 0 Å². The minimum absolute atomic E-state index is 0.0200. The lowest BCUT2D eigenvalue weighted by atomic mass is 10.1. The SMILES string of the molecule is O=C1C=CC(=c2ccc(=C3C=CC(=O)C=C3)s2)C=C1. The lowest BCUT2D eigenvalue weighted by Crippen LogP contribution is -2.03. The first-order valence-corrected chi connectivity index (χ1v) is 6.69. The van der Waals surface area contributed by atoms with E-state index in [1.54, 1.807) is 35.6 Å². The Balaban J connectivity index is 2.11. The fourth-order valence-corrected chi connectivity index (χ4v) is 2.90. The van der Waals surface area contributed by atoms with Gasteiger partial charge in [-0.15, -0.1) is 11.3 Å². The number of ketones is 2. The van der Waals surface area contributed by atoms with Crippen molar-refractivity contribution in [3.05, 3.63) is 69.8 Å². The van der Waals surface area contributed by atoms with Gasteiger partial charge in [-0.1, -0.05) is 0 Å². The monoisotopic (exact) mass is 266 g/mol. The number of allylic oxidation sites excluding steroid dienone is 8. The molecule has 0 fully saturated rings. The maximum atomic E-state index is 11.1. The van der Waals surface area contributed by atoms with Crippen LogP contribution in [0, 0.1) is 0 Å². The van der Waals surface area contributed by atoms with E-state index < -0.39 is 0 Å². The Morgan fingerprint density at radius 3 is 1.32 bits per heavy atom. The summed E-state index contributed by atoms with van der Waals surface area (Å²) in [6, 6.07) is 4.07. The molecule has 0 saturated carbocycles. The molecule has 19 heavy (non-hydrogen) atoms. The molecule has 0 unspecified atom stereocenters. The molecule has 1 aromatic heterocycles. The van der Waals surface area contributed by atoms with Gasteiger partial charge in [0.2, 0.25) is 0 Å². The minimum Gasteiger partial charge on any atom is -0.290 e. The van der Waals surface area contributed by atoms with Gasteiger partial charge in [-0.05, 0) is 71.9 Å². The molecule has 92 valence electrons. The van der Waals surface area contributed by atoms with Crippen molar-refractivity contribution >= 4 is 34.0 Å². The maximum absolute atomic E-state index is 11.1. The molecule has 2 aliphatic carbocycles. The standard InChI is InChI=1S/C16H10O2S/c17-13-5-1-11(2-6-13)15-9-10-16(19-15)12-3-7-14(18)8-4-12/h1-10H. The Morgan fingerprint density at radius 2 is 0.947 bits per heavy atom. The van der Waals surface area contributed by atoms with Crippen LogP contribution in [0.5, 0.6) is 0 Å². The van der Waals surface area contributed by atoms with E-state index in [0.717, 1.165) is 20.2 Å². The molecule has 0 bridgehead atoms. The first kappa shape index (κ1) is 11.8. The summed E-state index contributed by atoms with van der Waals surface area (Å²) in [5.41, 5.74) is 2.08. The van der Waals surface area contributed by atoms with Crippen LogP contribution in [0.4, 0.5) is 0 Å². The highest BCUT2D eigenvalue weighted by molar-refractivity contribution is 7.08. The predicted octanol–water partition coefficient (Wildman–Crippen LogP) is 1.44. The molecule has 2 aliphatic rings. The van der Waals surface area contributed by atoms with Gasteiger partial charge in [0.25, 0.3) is 0 Å². The molecule has 3 heteroatoms. The second kappa shape index (κ2) is 4.78. The third-order valence-electron chi connectivity index (χ3n) is 2.88. The van der Waals surface area contributed by atoms with E-state index in [1.165, 1.54) is 0 Å². The maximum Gasteiger partial charge on any atom is 0.178 e. The van der Waals surface area contributed by atoms with E-state index in [9.17, 15) is 9.59 Å². The third-order valence-corrected chi connectivity index (χ3v) is 4.07. The lowest BCUT2D eigenvalue weighted by molar-refractivity contribution is -0.111. The molecule has 0 spiro atoms. The molecule has 0 radical (unpaired) electrons. The zero-order chi connectivity index (χ0) is 13.2. The van der Waals surface area contributed by atoms with Crippen molar-refractivity contribution in [2.75, 3.05) is 0 Å². The Morgan fingerprint density at radius 1 is 0.579 bits per heavy atom. The molecule has 0 saturated heterocycles. The third kappa shape index (κ3) is 2.46. The summed E-state index contributed by atoms with van der Waals surface area (Å²) in [7, 11) is 0. The minimum atomic E-state index is 0.0200. The fourth-order valence-electron chi connectivity index (χ4n) is 1.89. The summed E-state index contributed by atoms with van der Waals surface area (Å²) in [5.74, 6) is 0.0399. The van der Waals surface area contributed by atoms with Gasteiger partial charge in [0.1, 0.15) is 0 Å². The first-order chi connectivity index (χ1) is 9.22. The van der Waals surface area contributed by atoms with Gasteiger partial charge in [-0.25, -0.2) is 0 Å². The van der Waals surface area contributed by atoms with Crippen LogP contribution < -0.4 is 9.06 Å². The van der Waals surface area contributed by atoms with Crippen LogP contribution in [0.1, 0.15) is 0 Å². The predicted molar refractivity (Wildman–Crippen MR) is 77.0 cm³/mol. The molecule has 3 rings (SSSR count). The number of carbonyl (C=O) groups is 2. The van der Waals surface area contributed by atoms with Crippen LogP contribution in [-0.4, -0.2) is 11.6 Å². The van der Waals surface area contributed by atoms with Gasteiger partial charge >= 0.3 is 0 Å². The quantitative estimate of drug-likeness (QED) is 0.712. The Bertz CT molecular complexity index is 696. The highest BCUT2D eigenvalue weighted by Gasteiger charge is 2.02.